The smallest absolute Gasteiger partial charge is 0.358 e. The molecule has 2 amide bonds. The van der Waals surface area contributed by atoms with Gasteiger partial charge in [-0.05, 0) is 35.9 Å². The fourth-order valence-corrected chi connectivity index (χ4v) is 5.09. The number of benzene rings is 2. The minimum Gasteiger partial charge on any atom is -0.507 e. The summed E-state index contributed by atoms with van der Waals surface area (Å²) in [6, 6.07) is 9.00. The molecule has 3 heterocycles. The van der Waals surface area contributed by atoms with Gasteiger partial charge in [-0.1, -0.05) is 17.7 Å². The summed E-state index contributed by atoms with van der Waals surface area (Å²) < 4.78 is 19.8. The molecule has 1 aromatic heterocycles. The van der Waals surface area contributed by atoms with E-state index in [4.69, 9.17) is 16.3 Å². The molecule has 2 aliphatic heterocycles. The Kier molecular flexibility index (Phi) is 7.09. The number of likely N-dealkylation sites (N-methyl/N-ethyl adjacent to an activating group) is 1. The number of piperazine rings is 1. The molecule has 0 bridgehead atoms. The van der Waals surface area contributed by atoms with Crippen molar-refractivity contribution in [3.63, 3.8) is 0 Å². The number of nitrogens with zero attached hydrogens (tertiary/aromatic N) is 4. The van der Waals surface area contributed by atoms with Crippen LogP contribution in [0.25, 0.3) is 22.3 Å². The van der Waals surface area contributed by atoms with Gasteiger partial charge in [0.25, 0.3) is 0 Å². The second-order valence-corrected chi connectivity index (χ2v) is 9.60. The topological polar surface area (TPSA) is 98.2 Å². The minimum absolute atomic E-state index is 0.152. The molecular weight excluding hydrogens is 513 g/mol. The second-order valence-electron chi connectivity index (χ2n) is 9.19. The van der Waals surface area contributed by atoms with E-state index in [1.165, 1.54) is 25.4 Å². The van der Waals surface area contributed by atoms with E-state index >= 15 is 0 Å². The number of anilines is 2. The van der Waals surface area contributed by atoms with Crippen LogP contribution in [-0.4, -0.2) is 80.4 Å². The van der Waals surface area contributed by atoms with Gasteiger partial charge in [0.2, 0.25) is 0 Å². The van der Waals surface area contributed by atoms with Gasteiger partial charge < -0.3 is 25.0 Å². The van der Waals surface area contributed by atoms with Crippen molar-refractivity contribution in [1.82, 2.24) is 15.2 Å². The van der Waals surface area contributed by atoms with Crippen molar-refractivity contribution in [2.24, 2.45) is 0 Å². The monoisotopic (exact) mass is 539 g/mol. The van der Waals surface area contributed by atoms with E-state index < -0.39 is 11.8 Å². The minimum atomic E-state index is -0.577. The number of rotatable bonds is 5. The van der Waals surface area contributed by atoms with E-state index in [9.17, 15) is 19.1 Å². The predicted molar refractivity (Wildman–Crippen MR) is 144 cm³/mol. The highest BCUT2D eigenvalue weighted by Crippen LogP contribution is 2.42. The third-order valence-corrected chi connectivity index (χ3v) is 7.16. The van der Waals surface area contributed by atoms with Crippen molar-refractivity contribution < 1.29 is 23.8 Å². The summed E-state index contributed by atoms with van der Waals surface area (Å²) >= 11 is 6.54. The van der Waals surface area contributed by atoms with E-state index in [0.717, 1.165) is 13.1 Å². The van der Waals surface area contributed by atoms with Gasteiger partial charge in [0.05, 0.1) is 23.5 Å². The number of urea groups is 1. The standard InChI is InChI=1S/C27H27ClFN5O4/c1-32-9-10-34(27(32)37)22-4-3-16(11-21(22)28)19-13-18(29)14-20(25(19)35)17-12-23(33-7-5-30-6-8-33)24(31-15-17)26(36)38-2/h3-4,11-15,30,35H,5-10H2,1-2H3. The van der Waals surface area contributed by atoms with Crippen molar-refractivity contribution in [3.8, 4) is 28.0 Å². The van der Waals surface area contributed by atoms with Crippen molar-refractivity contribution >= 4 is 35.0 Å². The number of pyridine rings is 1. The van der Waals surface area contributed by atoms with E-state index in [2.05, 4.69) is 10.3 Å². The molecule has 0 atom stereocenters. The number of phenolic OH excluding ortho intramolecular Hbond substituents is 1. The number of phenols is 1. The van der Waals surface area contributed by atoms with E-state index in [1.807, 2.05) is 4.90 Å². The Labute approximate surface area is 224 Å². The molecule has 2 saturated heterocycles. The number of hydrogen-bond donors (Lipinski definition) is 2. The normalized spacial score (nSPS) is 15.8. The quantitative estimate of drug-likeness (QED) is 0.473. The van der Waals surface area contributed by atoms with Gasteiger partial charge in [-0.15, -0.1) is 0 Å². The Morgan fingerprint density at radius 3 is 2.39 bits per heavy atom. The lowest BCUT2D eigenvalue weighted by atomic mass is 9.97. The summed E-state index contributed by atoms with van der Waals surface area (Å²) in [7, 11) is 3.01. The van der Waals surface area contributed by atoms with Crippen molar-refractivity contribution in [1.29, 1.82) is 0 Å². The first-order chi connectivity index (χ1) is 18.3. The lowest BCUT2D eigenvalue weighted by Crippen LogP contribution is -2.44. The van der Waals surface area contributed by atoms with Gasteiger partial charge in [0.15, 0.2) is 5.69 Å². The summed E-state index contributed by atoms with van der Waals surface area (Å²) in [5.74, 6) is -1.30. The zero-order valence-corrected chi connectivity index (χ0v) is 21.8. The van der Waals surface area contributed by atoms with Gasteiger partial charge in [-0.3, -0.25) is 4.90 Å². The van der Waals surface area contributed by atoms with Gasteiger partial charge in [0.1, 0.15) is 11.6 Å². The van der Waals surface area contributed by atoms with Crippen molar-refractivity contribution in [3.05, 3.63) is 59.1 Å². The first-order valence-corrected chi connectivity index (χ1v) is 12.6. The number of aromatic hydroxyl groups is 1. The van der Waals surface area contributed by atoms with Crippen LogP contribution in [-0.2, 0) is 4.74 Å². The van der Waals surface area contributed by atoms with E-state index in [-0.39, 0.29) is 28.6 Å². The molecule has 2 aromatic carbocycles. The number of carbonyl (C=O) groups is 2. The lowest BCUT2D eigenvalue weighted by molar-refractivity contribution is 0.0594. The van der Waals surface area contributed by atoms with Crippen LogP contribution in [0.4, 0.5) is 20.6 Å². The molecule has 0 radical (unpaired) electrons. The second kappa shape index (κ2) is 10.5. The molecule has 0 unspecified atom stereocenters. The molecule has 3 aromatic rings. The molecule has 2 N–H and O–H groups in total. The Balaban J connectivity index is 1.56. The SMILES string of the molecule is COC(=O)c1ncc(-c2cc(F)cc(-c3ccc(N4CCN(C)C4=O)c(Cl)c3)c2O)cc1N1CCNCC1. The zero-order chi connectivity index (χ0) is 27.0. The summed E-state index contributed by atoms with van der Waals surface area (Å²) in [6.45, 7) is 3.86. The van der Waals surface area contributed by atoms with Crippen molar-refractivity contribution in [2.75, 3.05) is 63.2 Å². The third kappa shape index (κ3) is 4.72. The number of ether oxygens (including phenoxy) is 1. The highest BCUT2D eigenvalue weighted by molar-refractivity contribution is 6.34. The highest BCUT2D eigenvalue weighted by Gasteiger charge is 2.28. The summed E-state index contributed by atoms with van der Waals surface area (Å²) in [5, 5.41) is 14.8. The van der Waals surface area contributed by atoms with Gasteiger partial charge >= 0.3 is 12.0 Å². The average molecular weight is 540 g/mol. The third-order valence-electron chi connectivity index (χ3n) is 6.86. The van der Waals surface area contributed by atoms with Gasteiger partial charge in [-0.2, -0.15) is 0 Å². The maximum Gasteiger partial charge on any atom is 0.358 e. The summed E-state index contributed by atoms with van der Waals surface area (Å²) in [5.41, 5.74) is 2.63. The molecule has 9 nitrogen and oxygen atoms in total. The molecular formula is C27H27ClFN5O4. The molecule has 2 aliphatic rings. The van der Waals surface area contributed by atoms with Crippen LogP contribution < -0.4 is 15.1 Å². The average Bonchev–Trinajstić information content (AvgIpc) is 3.26. The molecule has 2 fully saturated rings. The summed E-state index contributed by atoms with van der Waals surface area (Å²) in [6.07, 6.45) is 1.42. The fourth-order valence-electron chi connectivity index (χ4n) is 4.80. The van der Waals surface area contributed by atoms with Crippen LogP contribution in [0.3, 0.4) is 0 Å². The zero-order valence-electron chi connectivity index (χ0n) is 21.0. The highest BCUT2D eigenvalue weighted by atomic mass is 35.5. The summed E-state index contributed by atoms with van der Waals surface area (Å²) in [4.78, 5) is 34.3. The Hall–Kier alpha value is -3.89. The lowest BCUT2D eigenvalue weighted by Gasteiger charge is -2.30. The number of halogens is 2. The number of amides is 2. The number of aromatic nitrogens is 1. The van der Waals surface area contributed by atoms with Gasteiger partial charge in [-0.25, -0.2) is 19.0 Å². The molecule has 0 aliphatic carbocycles. The van der Waals surface area contributed by atoms with Crippen LogP contribution in [0.1, 0.15) is 10.5 Å². The maximum atomic E-state index is 14.9. The van der Waals surface area contributed by atoms with Crippen LogP contribution >= 0.6 is 11.6 Å². The molecule has 11 heteroatoms. The molecule has 198 valence electrons. The van der Waals surface area contributed by atoms with Crippen LogP contribution in [0.5, 0.6) is 5.75 Å². The largest absolute Gasteiger partial charge is 0.507 e. The van der Waals surface area contributed by atoms with E-state index in [0.29, 0.717) is 53.7 Å². The van der Waals surface area contributed by atoms with Crippen LogP contribution in [0.2, 0.25) is 5.02 Å². The fraction of sp³-hybridized carbons (Fsp3) is 0.296. The number of esters is 1. The van der Waals surface area contributed by atoms with Gasteiger partial charge in [0, 0.05) is 69.2 Å². The number of nitrogens with one attached hydrogen (secondary N) is 1. The number of carbonyl (C=O) groups excluding carboxylic acids is 2. The Morgan fingerprint density at radius 1 is 1.05 bits per heavy atom. The predicted octanol–water partition coefficient (Wildman–Crippen LogP) is 3.98. The Morgan fingerprint density at radius 2 is 1.76 bits per heavy atom. The van der Waals surface area contributed by atoms with Crippen LogP contribution in [0, 0.1) is 5.82 Å². The van der Waals surface area contributed by atoms with Crippen molar-refractivity contribution in [2.45, 2.75) is 0 Å². The molecule has 0 saturated carbocycles. The number of hydrogen-bond acceptors (Lipinski definition) is 7. The molecule has 38 heavy (non-hydrogen) atoms. The first-order valence-electron chi connectivity index (χ1n) is 12.2. The first kappa shape index (κ1) is 25.7. The maximum absolute atomic E-state index is 14.9. The number of methoxy groups -OCH3 is 1. The molecule has 0 spiro atoms. The van der Waals surface area contributed by atoms with Crippen LogP contribution in [0.15, 0.2) is 42.6 Å². The van der Waals surface area contributed by atoms with E-state index in [1.54, 1.807) is 41.1 Å². The molecule has 5 rings (SSSR count). The Bertz CT molecular complexity index is 1410.